The molecule has 0 aromatic carbocycles. The quantitative estimate of drug-likeness (QED) is 0.282. The van der Waals surface area contributed by atoms with Crippen LogP contribution >= 0.6 is 0 Å². The molecule has 0 aliphatic heterocycles. The number of Topliss-reactive ketones (excluding diaryl/α,β-unsaturated/α-hetero) is 1. The van der Waals surface area contributed by atoms with Crippen molar-refractivity contribution in [1.82, 2.24) is 0 Å². The fourth-order valence-electron chi connectivity index (χ4n) is 0.894. The Kier molecular flexibility index (Phi) is 5.26. The molecule has 8 nitrogen and oxygen atoms in total. The molecule has 90 valence electrons. The third-order valence-corrected chi connectivity index (χ3v) is 1.79. The van der Waals surface area contributed by atoms with Crippen molar-refractivity contribution in [1.29, 1.82) is 0 Å². The van der Waals surface area contributed by atoms with Gasteiger partial charge in [0.05, 0.1) is 0 Å². The minimum atomic E-state index is -2.24. The van der Waals surface area contributed by atoms with Gasteiger partial charge in [0, 0.05) is 6.42 Å². The fourth-order valence-corrected chi connectivity index (χ4v) is 0.894. The second-order valence-corrected chi connectivity index (χ2v) is 2.97. The summed E-state index contributed by atoms with van der Waals surface area (Å²) in [5.74, 6) is -6.50. The van der Waals surface area contributed by atoms with Crippen LogP contribution < -0.4 is 0 Å². The Morgan fingerprint density at radius 1 is 1.06 bits per heavy atom. The molecule has 0 fully saturated rings. The van der Waals surface area contributed by atoms with Gasteiger partial charge in [-0.15, -0.1) is 0 Å². The van der Waals surface area contributed by atoms with Crippen molar-refractivity contribution in [3.63, 3.8) is 0 Å². The molecule has 3 atom stereocenters. The summed E-state index contributed by atoms with van der Waals surface area (Å²) in [6, 6.07) is 0. The molecule has 0 aromatic rings. The van der Waals surface area contributed by atoms with Gasteiger partial charge in [0.25, 0.3) is 0 Å². The molecule has 0 aromatic heterocycles. The maximum absolute atomic E-state index is 11.2. The fraction of sp³-hybridized carbons (Fsp3) is 0.500. The zero-order chi connectivity index (χ0) is 12.9. The topological polar surface area (TPSA) is 149 Å². The molecule has 1 unspecified atom stereocenters. The molecule has 0 spiro atoms. The Hall–Kier alpha value is -1.80. The van der Waals surface area contributed by atoms with E-state index in [0.29, 0.717) is 0 Å². The monoisotopic (exact) mass is 234 g/mol. The van der Waals surface area contributed by atoms with Crippen molar-refractivity contribution in [2.24, 2.45) is 5.92 Å². The highest BCUT2D eigenvalue weighted by Gasteiger charge is 2.33. The normalized spacial score (nSPS) is 15.9. The number of hydrogen-bond acceptors (Lipinski definition) is 6. The van der Waals surface area contributed by atoms with Crippen LogP contribution in [-0.4, -0.2) is 56.6 Å². The van der Waals surface area contributed by atoms with E-state index in [0.717, 1.165) is 0 Å². The molecule has 0 amide bonds. The molecule has 0 saturated heterocycles. The van der Waals surface area contributed by atoms with Crippen LogP contribution in [0.2, 0.25) is 0 Å². The van der Waals surface area contributed by atoms with E-state index in [4.69, 9.17) is 20.4 Å². The summed E-state index contributed by atoms with van der Waals surface area (Å²) in [6.07, 6.45) is -5.32. The van der Waals surface area contributed by atoms with Gasteiger partial charge in [-0.25, -0.2) is 9.59 Å². The van der Waals surface area contributed by atoms with Crippen LogP contribution in [0.3, 0.4) is 0 Å². The Balaban J connectivity index is 4.61. The Morgan fingerprint density at radius 3 is 1.88 bits per heavy atom. The van der Waals surface area contributed by atoms with Crippen LogP contribution in [0, 0.1) is 5.92 Å². The predicted octanol–water partition coefficient (Wildman–Crippen LogP) is -2.35. The lowest BCUT2D eigenvalue weighted by Gasteiger charge is -2.13. The summed E-state index contributed by atoms with van der Waals surface area (Å²) in [7, 11) is 0. The van der Waals surface area contributed by atoms with Crippen molar-refractivity contribution in [2.45, 2.75) is 18.6 Å². The van der Waals surface area contributed by atoms with Crippen LogP contribution in [-0.2, 0) is 19.2 Å². The van der Waals surface area contributed by atoms with E-state index in [1.165, 1.54) is 0 Å². The second kappa shape index (κ2) is 5.93. The zero-order valence-electron chi connectivity index (χ0n) is 7.94. The molecule has 0 radical (unpaired) electrons. The number of carbonyl (C=O) groups excluding carboxylic acids is 2. The standard InChI is InChI=1S/C8H10O8/c9-2-3(6(12)8(15)16)4(10)1-5(11)7(13)14/h2-3,5-6,11-12H,1H2,(H,13,14)(H,15,16)/t3?,5-,6+/m1/s1. The molecule has 0 aliphatic rings. The lowest BCUT2D eigenvalue weighted by Crippen LogP contribution is -2.38. The third kappa shape index (κ3) is 3.75. The second-order valence-electron chi connectivity index (χ2n) is 2.97. The van der Waals surface area contributed by atoms with Gasteiger partial charge in [0.15, 0.2) is 12.2 Å². The summed E-state index contributed by atoms with van der Waals surface area (Å²) in [4.78, 5) is 42.0. The molecule has 0 rings (SSSR count). The van der Waals surface area contributed by atoms with E-state index in [2.05, 4.69) is 0 Å². The van der Waals surface area contributed by atoms with Gasteiger partial charge in [-0.05, 0) is 0 Å². The number of carboxylic acids is 2. The summed E-state index contributed by atoms with van der Waals surface area (Å²) in [5.41, 5.74) is 0. The van der Waals surface area contributed by atoms with Crippen LogP contribution in [0.25, 0.3) is 0 Å². The number of aldehydes is 1. The van der Waals surface area contributed by atoms with Gasteiger partial charge in [0.2, 0.25) is 0 Å². The number of ketones is 1. The minimum absolute atomic E-state index is 0.101. The van der Waals surface area contributed by atoms with Crippen molar-refractivity contribution in [3.8, 4) is 0 Å². The number of aliphatic hydroxyl groups is 2. The Bertz CT molecular complexity index is 309. The first kappa shape index (κ1) is 14.2. The van der Waals surface area contributed by atoms with Gasteiger partial charge >= 0.3 is 11.9 Å². The molecular formula is C8H10O8. The lowest BCUT2D eigenvalue weighted by atomic mass is 9.95. The first-order chi connectivity index (χ1) is 7.31. The summed E-state index contributed by atoms with van der Waals surface area (Å²) < 4.78 is 0. The molecule has 0 bridgehead atoms. The molecular weight excluding hydrogens is 224 g/mol. The molecule has 4 N–H and O–H groups in total. The van der Waals surface area contributed by atoms with Crippen molar-refractivity contribution in [2.75, 3.05) is 0 Å². The zero-order valence-corrected chi connectivity index (χ0v) is 7.94. The average Bonchev–Trinajstić information content (AvgIpc) is 2.18. The highest BCUT2D eigenvalue weighted by atomic mass is 16.4. The van der Waals surface area contributed by atoms with Gasteiger partial charge in [-0.1, -0.05) is 0 Å². The summed E-state index contributed by atoms with van der Waals surface area (Å²) in [5, 5.41) is 34.3. The van der Waals surface area contributed by atoms with Crippen molar-refractivity contribution < 1.29 is 39.6 Å². The highest BCUT2D eigenvalue weighted by Crippen LogP contribution is 2.08. The maximum atomic E-state index is 11.2. The van der Waals surface area contributed by atoms with E-state index >= 15 is 0 Å². The van der Waals surface area contributed by atoms with E-state index in [-0.39, 0.29) is 6.29 Å². The first-order valence-corrected chi connectivity index (χ1v) is 4.11. The minimum Gasteiger partial charge on any atom is -0.479 e. The first-order valence-electron chi connectivity index (χ1n) is 4.11. The number of hydrogen-bond donors (Lipinski definition) is 4. The van der Waals surface area contributed by atoms with Gasteiger partial charge < -0.3 is 25.2 Å². The third-order valence-electron chi connectivity index (χ3n) is 1.79. The lowest BCUT2D eigenvalue weighted by molar-refractivity contribution is -0.156. The van der Waals surface area contributed by atoms with E-state index in [9.17, 15) is 19.2 Å². The van der Waals surface area contributed by atoms with Crippen molar-refractivity contribution >= 4 is 24.0 Å². The average molecular weight is 234 g/mol. The SMILES string of the molecule is O=CC(C(=O)C[C@@H](O)C(=O)O)[C@H](O)C(=O)O. The smallest absolute Gasteiger partial charge is 0.333 e. The maximum Gasteiger partial charge on any atom is 0.333 e. The van der Waals surface area contributed by atoms with Gasteiger partial charge in [-0.3, -0.25) is 4.79 Å². The molecule has 16 heavy (non-hydrogen) atoms. The number of aliphatic carboxylic acids is 2. The number of rotatable bonds is 7. The Labute approximate surface area is 89.1 Å². The number of aliphatic hydroxyl groups excluding tert-OH is 2. The number of carbonyl (C=O) groups is 4. The largest absolute Gasteiger partial charge is 0.479 e. The highest BCUT2D eigenvalue weighted by molar-refractivity contribution is 5.99. The van der Waals surface area contributed by atoms with Crippen molar-refractivity contribution in [3.05, 3.63) is 0 Å². The van der Waals surface area contributed by atoms with Crippen LogP contribution in [0.4, 0.5) is 0 Å². The summed E-state index contributed by atoms with van der Waals surface area (Å²) >= 11 is 0. The van der Waals surface area contributed by atoms with Gasteiger partial charge in [0.1, 0.15) is 18.0 Å². The van der Waals surface area contributed by atoms with Crippen LogP contribution in [0.5, 0.6) is 0 Å². The van der Waals surface area contributed by atoms with E-state index in [1.54, 1.807) is 0 Å². The molecule has 0 heterocycles. The predicted molar refractivity (Wildman–Crippen MR) is 46.5 cm³/mol. The summed E-state index contributed by atoms with van der Waals surface area (Å²) in [6.45, 7) is 0. The van der Waals surface area contributed by atoms with Crippen LogP contribution in [0.15, 0.2) is 0 Å². The van der Waals surface area contributed by atoms with Crippen LogP contribution in [0.1, 0.15) is 6.42 Å². The molecule has 0 aliphatic carbocycles. The molecule has 8 heteroatoms. The van der Waals surface area contributed by atoms with E-state index in [1.807, 2.05) is 0 Å². The van der Waals surface area contributed by atoms with Gasteiger partial charge in [-0.2, -0.15) is 0 Å². The Morgan fingerprint density at radius 2 is 1.56 bits per heavy atom. The number of carboxylic acid groups (broad SMARTS) is 2. The molecule has 0 saturated carbocycles. The van der Waals surface area contributed by atoms with E-state index < -0.39 is 42.3 Å².